The van der Waals surface area contributed by atoms with Crippen molar-refractivity contribution in [3.8, 4) is 0 Å². The maximum absolute atomic E-state index is 10.5. The maximum atomic E-state index is 10.5. The first-order valence-electron chi connectivity index (χ1n) is 2.94. The van der Waals surface area contributed by atoms with Crippen molar-refractivity contribution in [2.45, 2.75) is 6.92 Å². The van der Waals surface area contributed by atoms with Gasteiger partial charge in [-0.2, -0.15) is 0 Å². The summed E-state index contributed by atoms with van der Waals surface area (Å²) in [6.45, 7) is 1.59. The average Bonchev–Trinajstić information content (AvgIpc) is 2.00. The van der Waals surface area contributed by atoms with Crippen LogP contribution in [0.3, 0.4) is 0 Å². The van der Waals surface area contributed by atoms with Crippen LogP contribution in [0.4, 0.5) is 0 Å². The van der Waals surface area contributed by atoms with Crippen molar-refractivity contribution in [3.63, 3.8) is 0 Å². The van der Waals surface area contributed by atoms with Gasteiger partial charge >= 0.3 is 64.3 Å². The van der Waals surface area contributed by atoms with Crippen molar-refractivity contribution in [1.29, 1.82) is 0 Å². The van der Waals surface area contributed by atoms with Gasteiger partial charge in [0.05, 0.1) is 0 Å². The molecule has 5 heteroatoms. The summed E-state index contributed by atoms with van der Waals surface area (Å²) in [5.41, 5.74) is 0.434. The van der Waals surface area contributed by atoms with Gasteiger partial charge in [0.25, 0.3) is 0 Å². The molecule has 0 amide bonds. The molecule has 58 valence electrons. The van der Waals surface area contributed by atoms with Gasteiger partial charge in [-0.3, -0.25) is 0 Å². The minimum atomic E-state index is -0.481. The number of ether oxygens (including phenoxy) is 1. The molecule has 0 aliphatic rings. The fourth-order valence-electron chi connectivity index (χ4n) is 0.415. The molecule has 0 N–H and O–H groups in total. The molecule has 0 fully saturated rings. The van der Waals surface area contributed by atoms with Crippen molar-refractivity contribution >= 4 is 19.2 Å². The number of aliphatic imine (C=N–C) groups is 1. The molecule has 0 unspecified atom stereocenters. The number of methoxy groups -OCH3 is 1. The van der Waals surface area contributed by atoms with Crippen molar-refractivity contribution in [2.75, 3.05) is 7.11 Å². The number of nitrogens with zero attached hydrogens (tertiary/aromatic N) is 1. The summed E-state index contributed by atoms with van der Waals surface area (Å²) >= 11 is 0. The van der Waals surface area contributed by atoms with Gasteiger partial charge < -0.3 is 0 Å². The van der Waals surface area contributed by atoms with Crippen molar-refractivity contribution in [3.05, 3.63) is 11.8 Å². The first kappa shape index (κ1) is 9.74. The van der Waals surface area contributed by atoms with Crippen LogP contribution in [0.1, 0.15) is 6.92 Å². The average molecular weight is 153 g/mol. The van der Waals surface area contributed by atoms with Crippen LogP contribution >= 0.6 is 0 Å². The summed E-state index contributed by atoms with van der Waals surface area (Å²) in [7, 11) is 1.81. The Morgan fingerprint density at radius 3 is 2.73 bits per heavy atom. The first-order chi connectivity index (χ1) is 5.20. The third-order valence-corrected chi connectivity index (χ3v) is 0.867. The van der Waals surface area contributed by atoms with Gasteiger partial charge in [0.2, 0.25) is 0 Å². The molecule has 0 aromatic carbocycles. The van der Waals surface area contributed by atoms with Crippen molar-refractivity contribution in [1.82, 2.24) is 0 Å². The predicted octanol–water partition coefficient (Wildman–Crippen LogP) is 0.141. The van der Waals surface area contributed by atoms with Crippen LogP contribution in [-0.4, -0.2) is 26.3 Å². The van der Waals surface area contributed by atoms with E-state index in [1.807, 2.05) is 0 Å². The van der Waals surface area contributed by atoms with E-state index in [0.717, 1.165) is 6.11 Å². The van der Waals surface area contributed by atoms with Crippen molar-refractivity contribution < 1.29 is 14.2 Å². The third kappa shape index (κ3) is 5.20. The molecule has 0 aliphatic carbocycles. The molecule has 0 saturated heterocycles. The number of esters is 1. The molecule has 0 aromatic heterocycles. The van der Waals surface area contributed by atoms with E-state index >= 15 is 0 Å². The fraction of sp³-hybridized carbons (Fsp3) is 0.333. The van der Waals surface area contributed by atoms with Crippen LogP contribution in [-0.2, 0) is 14.2 Å². The first-order valence-corrected chi connectivity index (χ1v) is 2.94. The summed E-state index contributed by atoms with van der Waals surface area (Å²) in [4.78, 5) is 14.1. The summed E-state index contributed by atoms with van der Waals surface area (Å²) in [5.74, 6) is -0.481. The number of carbonyl (C=O) groups is 1. The summed E-state index contributed by atoms with van der Waals surface area (Å²) in [6.07, 6.45) is 2.26. The molecule has 0 radical (unpaired) electrons. The quantitative estimate of drug-likeness (QED) is 0.251. The van der Waals surface area contributed by atoms with Crippen molar-refractivity contribution in [2.24, 2.45) is 4.99 Å². The van der Waals surface area contributed by atoms with E-state index in [4.69, 9.17) is 0 Å². The van der Waals surface area contributed by atoms with Gasteiger partial charge in [0.15, 0.2) is 0 Å². The van der Waals surface area contributed by atoms with E-state index < -0.39 is 5.97 Å². The fourth-order valence-corrected chi connectivity index (χ4v) is 0.415. The molecule has 0 rings (SSSR count). The second kappa shape index (κ2) is 5.52. The molecule has 0 saturated carbocycles. The Morgan fingerprint density at radius 1 is 1.64 bits per heavy atom. The zero-order valence-electron chi connectivity index (χ0n) is 6.40. The van der Waals surface area contributed by atoms with Gasteiger partial charge in [-0.05, 0) is 0 Å². The van der Waals surface area contributed by atoms with Crippen LogP contribution in [0.25, 0.3) is 0 Å². The predicted molar refractivity (Wildman–Crippen MR) is 40.7 cm³/mol. The number of hydrogen-bond donors (Lipinski definition) is 0. The second-order valence-corrected chi connectivity index (χ2v) is 1.72. The van der Waals surface area contributed by atoms with E-state index in [1.54, 1.807) is 6.92 Å². The molecule has 0 atom stereocenters. The van der Waals surface area contributed by atoms with E-state index in [9.17, 15) is 9.50 Å². The Bertz CT molecular complexity index is 210. The van der Waals surface area contributed by atoms with Gasteiger partial charge in [-0.25, -0.2) is 0 Å². The zero-order chi connectivity index (χ0) is 8.69. The molecule has 0 spiro atoms. The Balaban J connectivity index is 4.10. The van der Waals surface area contributed by atoms with Gasteiger partial charge in [-0.1, -0.05) is 0 Å². The Hall–Kier alpha value is -1.26. The summed E-state index contributed by atoms with van der Waals surface area (Å²) in [6, 6.07) is 0. The van der Waals surface area contributed by atoms with E-state index in [-0.39, 0.29) is 0 Å². The summed E-state index contributed by atoms with van der Waals surface area (Å²) in [5, 5.41) is 0. The van der Waals surface area contributed by atoms with Crippen LogP contribution in [0.5, 0.6) is 0 Å². The number of carbonyl (C=O) groups excluding carboxylic acids is 1. The number of allylic oxidation sites excluding steroid dienone is 1. The zero-order valence-corrected chi connectivity index (χ0v) is 6.40. The van der Waals surface area contributed by atoms with Crippen LogP contribution in [0.2, 0.25) is 0 Å². The Labute approximate surface area is 65.2 Å². The number of hydrogen-bond acceptors (Lipinski definition) is 4. The molecular formula is C6H8BNO3. The Kier molecular flexibility index (Phi) is 4.89. The van der Waals surface area contributed by atoms with Gasteiger partial charge in [-0.15, -0.1) is 0 Å². The van der Waals surface area contributed by atoms with Crippen LogP contribution < -0.4 is 0 Å². The molecule has 4 nitrogen and oxygen atoms in total. The molecule has 0 heterocycles. The monoisotopic (exact) mass is 153 g/mol. The molecule has 0 aliphatic heterocycles. The SMILES string of the molecule is COC(=O)/C=C(\C)N=CB=O. The Morgan fingerprint density at radius 2 is 2.27 bits per heavy atom. The molecular weight excluding hydrogens is 145 g/mol. The second-order valence-electron chi connectivity index (χ2n) is 1.72. The molecule has 0 aromatic rings. The van der Waals surface area contributed by atoms with Gasteiger partial charge in [0.1, 0.15) is 0 Å². The molecule has 11 heavy (non-hydrogen) atoms. The normalized spacial score (nSPS) is 11.3. The third-order valence-electron chi connectivity index (χ3n) is 0.867. The number of rotatable bonds is 3. The van der Waals surface area contributed by atoms with E-state index in [1.165, 1.54) is 13.2 Å². The molecule has 0 bridgehead atoms. The van der Waals surface area contributed by atoms with Crippen LogP contribution in [0, 0.1) is 0 Å². The standard InChI is InChI=1S/C6H8BNO3/c1-5(8-4-7-10)3-6(9)11-2/h3-4H,1-2H3/b5-3+,8-4?. The van der Waals surface area contributed by atoms with E-state index in [2.05, 4.69) is 9.73 Å². The van der Waals surface area contributed by atoms with Gasteiger partial charge in [0, 0.05) is 0 Å². The van der Waals surface area contributed by atoms with E-state index in [0.29, 0.717) is 12.8 Å². The van der Waals surface area contributed by atoms with Crippen LogP contribution in [0.15, 0.2) is 16.8 Å². The minimum absolute atomic E-state index is 0.434. The topological polar surface area (TPSA) is 55.7 Å². The summed E-state index contributed by atoms with van der Waals surface area (Å²) < 4.78 is 14.1.